The Morgan fingerprint density at radius 2 is 0.513 bits per heavy atom. The second kappa shape index (κ2) is 7.24. The highest BCUT2D eigenvalue weighted by molar-refractivity contribution is 6.33. The summed E-state index contributed by atoms with van der Waals surface area (Å²) in [5.74, 6) is 0. The molecule has 0 bridgehead atoms. The fourth-order valence-electron chi connectivity index (χ4n) is 8.21. The molecule has 0 heterocycles. The molecular formula is C39H26. The predicted octanol–water partition coefficient (Wildman–Crippen LogP) is 10.6. The van der Waals surface area contributed by atoms with Crippen LogP contribution in [0.4, 0.5) is 0 Å². The summed E-state index contributed by atoms with van der Waals surface area (Å²) in [5, 5.41) is 16.6. The summed E-state index contributed by atoms with van der Waals surface area (Å²) >= 11 is 0. The molecule has 39 heavy (non-hydrogen) atoms. The molecule has 0 aromatic heterocycles. The van der Waals surface area contributed by atoms with Crippen LogP contribution in [0.5, 0.6) is 0 Å². The molecule has 2 aliphatic carbocycles. The molecule has 0 radical (unpaired) electrons. The molecule has 2 aliphatic rings. The van der Waals surface area contributed by atoms with Crippen molar-refractivity contribution in [2.24, 2.45) is 0 Å². The highest BCUT2D eigenvalue weighted by Gasteiger charge is 2.50. The van der Waals surface area contributed by atoms with E-state index in [9.17, 15) is 0 Å². The van der Waals surface area contributed by atoms with Crippen LogP contribution in [0.25, 0.3) is 64.6 Å². The molecular weight excluding hydrogens is 468 g/mol. The topological polar surface area (TPSA) is 0 Å². The van der Waals surface area contributed by atoms with Crippen molar-refractivity contribution in [2.45, 2.75) is 19.3 Å². The maximum atomic E-state index is 2.40. The van der Waals surface area contributed by atoms with Crippen molar-refractivity contribution in [3.8, 4) is 0 Å². The van der Waals surface area contributed by atoms with Crippen molar-refractivity contribution >= 4 is 64.6 Å². The zero-order chi connectivity index (χ0) is 25.9. The number of hydrogen-bond acceptors (Lipinski definition) is 0. The van der Waals surface area contributed by atoms with Gasteiger partial charge in [0.05, 0.1) is 5.41 Å². The molecule has 0 aliphatic heterocycles. The highest BCUT2D eigenvalue weighted by atomic mass is 14.5. The van der Waals surface area contributed by atoms with E-state index in [1.54, 1.807) is 0 Å². The Hall–Kier alpha value is -4.68. The van der Waals surface area contributed by atoms with Crippen LogP contribution < -0.4 is 0 Å². The molecule has 0 saturated carbocycles. The molecule has 1 spiro atoms. The Labute approximate surface area is 227 Å². The van der Waals surface area contributed by atoms with Gasteiger partial charge in [-0.3, -0.25) is 0 Å². The van der Waals surface area contributed by atoms with Crippen molar-refractivity contribution in [3.05, 3.63) is 144 Å². The SMILES string of the molecule is CC.c1ccc2c(c1)c1cccc3c1c1c(cccc21)C31c2cccc3c4ccccc4c4cccc1c4c23. The first-order chi connectivity index (χ1) is 19.4. The van der Waals surface area contributed by atoms with Gasteiger partial charge in [-0.15, -0.1) is 0 Å². The lowest BCUT2D eigenvalue weighted by molar-refractivity contribution is 0.800. The summed E-state index contributed by atoms with van der Waals surface area (Å²) in [6.45, 7) is 4.00. The average molecular weight is 495 g/mol. The lowest BCUT2D eigenvalue weighted by Crippen LogP contribution is -2.26. The Morgan fingerprint density at radius 3 is 0.769 bits per heavy atom. The second-order valence-electron chi connectivity index (χ2n) is 10.8. The van der Waals surface area contributed by atoms with Crippen LogP contribution in [-0.2, 0) is 5.41 Å². The van der Waals surface area contributed by atoms with E-state index in [-0.39, 0.29) is 5.41 Å². The molecule has 8 aromatic rings. The van der Waals surface area contributed by atoms with Gasteiger partial charge in [0, 0.05) is 0 Å². The first-order valence-corrected chi connectivity index (χ1v) is 14.1. The fourth-order valence-corrected chi connectivity index (χ4v) is 8.21. The quantitative estimate of drug-likeness (QED) is 0.184. The third-order valence-electron chi connectivity index (χ3n) is 9.39. The van der Waals surface area contributed by atoms with E-state index < -0.39 is 0 Å². The number of rotatable bonds is 0. The molecule has 182 valence electrons. The maximum Gasteiger partial charge on any atom is 0.0726 e. The highest BCUT2D eigenvalue weighted by Crippen LogP contribution is 2.63. The predicted molar refractivity (Wildman–Crippen MR) is 168 cm³/mol. The molecule has 0 fully saturated rings. The first-order valence-electron chi connectivity index (χ1n) is 14.1. The van der Waals surface area contributed by atoms with E-state index in [1.165, 1.54) is 86.9 Å². The van der Waals surface area contributed by atoms with Crippen molar-refractivity contribution in [1.29, 1.82) is 0 Å². The van der Waals surface area contributed by atoms with Gasteiger partial charge in [0.2, 0.25) is 0 Å². The molecule has 8 aromatic carbocycles. The standard InChI is InChI=1S/C37H20.C2H6/c1-2-10-22-21(9-1)25-13-5-17-29-33(25)34-26(22)14-6-18-30(34)37(29)31-19-7-15-27-23-11-3-4-12-24(23)28-16-8-20-32(37)36(28)35(27)31;1-2/h1-20H;1-2H3. The summed E-state index contributed by atoms with van der Waals surface area (Å²) < 4.78 is 0. The van der Waals surface area contributed by atoms with Gasteiger partial charge < -0.3 is 0 Å². The summed E-state index contributed by atoms with van der Waals surface area (Å²) in [5.41, 5.74) is 5.42. The molecule has 0 heteroatoms. The van der Waals surface area contributed by atoms with Crippen LogP contribution in [0.3, 0.4) is 0 Å². The van der Waals surface area contributed by atoms with Crippen LogP contribution in [0.2, 0.25) is 0 Å². The average Bonchev–Trinajstić information content (AvgIpc) is 3.50. The fraction of sp³-hybridized carbons (Fsp3) is 0.0769. The largest absolute Gasteiger partial charge is 0.0726 e. The number of benzene rings is 8. The molecule has 0 amide bonds. The number of fused-ring (bicyclic) bond motifs is 10. The van der Waals surface area contributed by atoms with Gasteiger partial charge in [-0.05, 0) is 86.9 Å². The van der Waals surface area contributed by atoms with E-state index in [0.29, 0.717) is 0 Å². The lowest BCUT2D eigenvalue weighted by atomic mass is 9.69. The first kappa shape index (κ1) is 21.3. The lowest BCUT2D eigenvalue weighted by Gasteiger charge is -2.31. The zero-order valence-electron chi connectivity index (χ0n) is 22.0. The minimum Gasteiger partial charge on any atom is -0.0683 e. The monoisotopic (exact) mass is 494 g/mol. The van der Waals surface area contributed by atoms with E-state index in [2.05, 4.69) is 121 Å². The van der Waals surface area contributed by atoms with Crippen LogP contribution in [-0.4, -0.2) is 0 Å². The van der Waals surface area contributed by atoms with Crippen molar-refractivity contribution in [2.75, 3.05) is 0 Å². The van der Waals surface area contributed by atoms with E-state index in [4.69, 9.17) is 0 Å². The van der Waals surface area contributed by atoms with Gasteiger partial charge in [0.1, 0.15) is 0 Å². The van der Waals surface area contributed by atoms with Gasteiger partial charge in [-0.2, -0.15) is 0 Å². The summed E-state index contributed by atoms with van der Waals surface area (Å²) in [7, 11) is 0. The third-order valence-corrected chi connectivity index (χ3v) is 9.39. The van der Waals surface area contributed by atoms with Crippen LogP contribution in [0, 0.1) is 0 Å². The van der Waals surface area contributed by atoms with E-state index in [1.807, 2.05) is 13.8 Å². The summed E-state index contributed by atoms with van der Waals surface area (Å²) in [6.07, 6.45) is 0. The van der Waals surface area contributed by atoms with Gasteiger partial charge >= 0.3 is 0 Å². The van der Waals surface area contributed by atoms with E-state index >= 15 is 0 Å². The molecule has 0 unspecified atom stereocenters. The molecule has 0 atom stereocenters. The molecule has 0 nitrogen and oxygen atoms in total. The zero-order valence-corrected chi connectivity index (χ0v) is 22.0. The molecule has 0 saturated heterocycles. The number of hydrogen-bond donors (Lipinski definition) is 0. The Morgan fingerprint density at radius 1 is 0.282 bits per heavy atom. The molecule has 0 N–H and O–H groups in total. The van der Waals surface area contributed by atoms with E-state index in [0.717, 1.165) is 0 Å². The van der Waals surface area contributed by atoms with Crippen molar-refractivity contribution < 1.29 is 0 Å². The van der Waals surface area contributed by atoms with Gasteiger partial charge in [0.25, 0.3) is 0 Å². The smallest absolute Gasteiger partial charge is 0.0683 e. The third kappa shape index (κ3) is 2.22. The summed E-state index contributed by atoms with van der Waals surface area (Å²) in [4.78, 5) is 0. The maximum absolute atomic E-state index is 2.40. The van der Waals surface area contributed by atoms with Crippen molar-refractivity contribution in [1.82, 2.24) is 0 Å². The van der Waals surface area contributed by atoms with Crippen LogP contribution >= 0.6 is 0 Å². The Bertz CT molecular complexity index is 2020. The van der Waals surface area contributed by atoms with Gasteiger partial charge in [0.15, 0.2) is 0 Å². The second-order valence-corrected chi connectivity index (χ2v) is 10.8. The Balaban J connectivity index is 0.00000108. The minimum atomic E-state index is -0.308. The van der Waals surface area contributed by atoms with Crippen LogP contribution in [0.15, 0.2) is 121 Å². The summed E-state index contributed by atoms with van der Waals surface area (Å²) in [6, 6.07) is 45.9. The minimum absolute atomic E-state index is 0.308. The van der Waals surface area contributed by atoms with Crippen LogP contribution in [0.1, 0.15) is 36.1 Å². The molecule has 10 rings (SSSR count). The normalized spacial score (nSPS) is 14.1. The van der Waals surface area contributed by atoms with Crippen molar-refractivity contribution in [3.63, 3.8) is 0 Å². The van der Waals surface area contributed by atoms with Gasteiger partial charge in [-0.25, -0.2) is 0 Å². The van der Waals surface area contributed by atoms with Gasteiger partial charge in [-0.1, -0.05) is 135 Å². The Kier molecular flexibility index (Phi) is 3.95.